The number of aromatic nitrogens is 2. The molecule has 0 amide bonds. The van der Waals surface area contributed by atoms with E-state index in [0.717, 1.165) is 13.2 Å². The molecule has 0 aliphatic carbocycles. The van der Waals surface area contributed by atoms with Gasteiger partial charge in [0.25, 0.3) is 5.56 Å². The van der Waals surface area contributed by atoms with Gasteiger partial charge in [-0.1, -0.05) is 6.07 Å². The molecule has 1 aromatic heterocycles. The Morgan fingerprint density at radius 2 is 2.20 bits per heavy atom. The average molecular weight is 343 g/mol. The molecule has 0 radical (unpaired) electrons. The van der Waals surface area contributed by atoms with Crippen molar-refractivity contribution < 1.29 is 19.0 Å². The second kappa shape index (κ2) is 5.41. The van der Waals surface area contributed by atoms with Gasteiger partial charge in [-0.2, -0.15) is 5.10 Å². The fourth-order valence-corrected chi connectivity index (χ4v) is 1.85. The van der Waals surface area contributed by atoms with E-state index < -0.39 is 28.8 Å². The molecule has 1 aromatic carbocycles. The first kappa shape index (κ1) is 14.2. The molecule has 0 aliphatic rings. The average Bonchev–Trinajstić information content (AvgIpc) is 2.42. The monoisotopic (exact) mass is 342 g/mol. The molecule has 0 saturated heterocycles. The van der Waals surface area contributed by atoms with Crippen LogP contribution in [0.15, 0.2) is 27.5 Å². The summed E-state index contributed by atoms with van der Waals surface area (Å²) < 4.78 is 18.1. The zero-order valence-electron chi connectivity index (χ0n) is 10.1. The van der Waals surface area contributed by atoms with Gasteiger partial charge in [0.1, 0.15) is 5.82 Å². The maximum atomic E-state index is 13.5. The largest absolute Gasteiger partial charge is 0.505 e. The van der Waals surface area contributed by atoms with Gasteiger partial charge < -0.3 is 9.84 Å². The predicted molar refractivity (Wildman–Crippen MR) is 71.0 cm³/mol. The number of aromatic hydroxyl groups is 1. The Balaban J connectivity index is 2.70. The molecule has 2 N–H and O–H groups in total. The highest BCUT2D eigenvalue weighted by molar-refractivity contribution is 9.10. The summed E-state index contributed by atoms with van der Waals surface area (Å²) in [5, 5.41) is 15.4. The predicted octanol–water partition coefficient (Wildman–Crippen LogP) is 1.83. The molecule has 0 atom stereocenters. The Morgan fingerprint density at radius 3 is 2.80 bits per heavy atom. The summed E-state index contributed by atoms with van der Waals surface area (Å²) in [6, 6.07) is 3.84. The van der Waals surface area contributed by atoms with Crippen LogP contribution in [0, 0.1) is 5.82 Å². The summed E-state index contributed by atoms with van der Waals surface area (Å²) in [5.74, 6) is -2.20. The lowest BCUT2D eigenvalue weighted by atomic mass is 10.1. The maximum Gasteiger partial charge on any atom is 0.362 e. The summed E-state index contributed by atoms with van der Waals surface area (Å²) in [5.41, 5.74) is -1.36. The van der Waals surface area contributed by atoms with Gasteiger partial charge in [0.2, 0.25) is 5.69 Å². The normalized spacial score (nSPS) is 10.3. The molecular formula is C12H8BrFN2O4. The third kappa shape index (κ3) is 2.42. The number of H-pyrrole nitrogens is 1. The molecule has 0 spiro atoms. The third-order valence-corrected chi connectivity index (χ3v) is 3.19. The number of carbonyl (C=O) groups excluding carboxylic acids is 1. The lowest BCUT2D eigenvalue weighted by Gasteiger charge is -2.07. The highest BCUT2D eigenvalue weighted by Gasteiger charge is 2.21. The first-order chi connectivity index (χ1) is 9.45. The number of halogens is 2. The lowest BCUT2D eigenvalue weighted by molar-refractivity contribution is 0.0589. The van der Waals surface area contributed by atoms with Crippen molar-refractivity contribution >= 4 is 21.9 Å². The molecule has 0 aliphatic heterocycles. The van der Waals surface area contributed by atoms with Gasteiger partial charge >= 0.3 is 5.97 Å². The van der Waals surface area contributed by atoms with Gasteiger partial charge in [-0.05, 0) is 33.6 Å². The van der Waals surface area contributed by atoms with Crippen LogP contribution in [-0.2, 0) is 4.74 Å². The molecule has 0 fully saturated rings. The summed E-state index contributed by atoms with van der Waals surface area (Å²) in [6.45, 7) is 0. The molecule has 2 rings (SSSR count). The van der Waals surface area contributed by atoms with Crippen LogP contribution >= 0.6 is 15.9 Å². The van der Waals surface area contributed by atoms with Crippen LogP contribution < -0.4 is 5.56 Å². The number of ether oxygens (including phenoxy) is 1. The minimum absolute atomic E-state index is 0.108. The van der Waals surface area contributed by atoms with Gasteiger partial charge in [0.05, 0.1) is 17.1 Å². The molecule has 6 nitrogen and oxygen atoms in total. The Hall–Kier alpha value is -2.22. The number of rotatable bonds is 2. The standard InChI is InChI=1S/C12H8BrFN2O4/c1-20-12(19)9-10(17)8(11(18)16-15-9)5-2-3-6(13)7(14)4-5/h2-4H,1H3,(H2,16,17,18). The van der Waals surface area contributed by atoms with E-state index in [1.807, 2.05) is 0 Å². The number of methoxy groups -OCH3 is 1. The van der Waals surface area contributed by atoms with Crippen LogP contribution in [0.4, 0.5) is 4.39 Å². The summed E-state index contributed by atoms with van der Waals surface area (Å²) >= 11 is 2.98. The molecule has 2 aromatic rings. The molecule has 0 bridgehead atoms. The zero-order chi connectivity index (χ0) is 14.9. The van der Waals surface area contributed by atoms with Gasteiger partial charge in [-0.15, -0.1) is 0 Å². The highest BCUT2D eigenvalue weighted by atomic mass is 79.9. The van der Waals surface area contributed by atoms with Crippen molar-refractivity contribution in [1.82, 2.24) is 10.2 Å². The van der Waals surface area contributed by atoms with E-state index in [1.165, 1.54) is 12.1 Å². The summed E-state index contributed by atoms with van der Waals surface area (Å²) in [6.07, 6.45) is 0. The van der Waals surface area contributed by atoms with Crippen LogP contribution in [0.1, 0.15) is 10.5 Å². The minimum atomic E-state index is -0.919. The molecule has 0 saturated carbocycles. The number of esters is 1. The van der Waals surface area contributed by atoms with E-state index in [0.29, 0.717) is 0 Å². The smallest absolute Gasteiger partial charge is 0.362 e. The second-order valence-corrected chi connectivity index (χ2v) is 4.60. The van der Waals surface area contributed by atoms with Crippen molar-refractivity contribution in [3.05, 3.63) is 44.5 Å². The number of nitrogens with one attached hydrogen (secondary N) is 1. The van der Waals surface area contributed by atoms with Crippen molar-refractivity contribution in [2.24, 2.45) is 0 Å². The van der Waals surface area contributed by atoms with Crippen LogP contribution in [0.2, 0.25) is 0 Å². The van der Waals surface area contributed by atoms with Crippen LogP contribution in [0.5, 0.6) is 5.75 Å². The SMILES string of the molecule is COC(=O)c1n[nH]c(=O)c(-c2ccc(Br)c(F)c2)c1O. The molecule has 0 unspecified atom stereocenters. The maximum absolute atomic E-state index is 13.5. The summed E-state index contributed by atoms with van der Waals surface area (Å²) in [7, 11) is 1.10. The van der Waals surface area contributed by atoms with Gasteiger partial charge in [-0.25, -0.2) is 14.3 Å². The van der Waals surface area contributed by atoms with Gasteiger partial charge in [0.15, 0.2) is 5.75 Å². The Morgan fingerprint density at radius 1 is 1.50 bits per heavy atom. The third-order valence-electron chi connectivity index (χ3n) is 2.54. The molecule has 1 heterocycles. The molecule has 8 heteroatoms. The molecular weight excluding hydrogens is 335 g/mol. The van der Waals surface area contributed by atoms with Crippen LogP contribution in [0.3, 0.4) is 0 Å². The first-order valence-electron chi connectivity index (χ1n) is 5.31. The quantitative estimate of drug-likeness (QED) is 0.812. The minimum Gasteiger partial charge on any atom is -0.505 e. The molecule has 20 heavy (non-hydrogen) atoms. The van der Waals surface area contributed by atoms with Crippen molar-refractivity contribution in [1.29, 1.82) is 0 Å². The topological polar surface area (TPSA) is 92.3 Å². The number of benzene rings is 1. The van der Waals surface area contributed by atoms with E-state index >= 15 is 0 Å². The van der Waals surface area contributed by atoms with E-state index in [2.05, 4.69) is 30.9 Å². The van der Waals surface area contributed by atoms with Crippen molar-refractivity contribution in [3.63, 3.8) is 0 Å². The van der Waals surface area contributed by atoms with Crippen LogP contribution in [-0.4, -0.2) is 28.4 Å². The number of nitrogens with zero attached hydrogens (tertiary/aromatic N) is 1. The Labute approximate surface area is 120 Å². The van der Waals surface area contributed by atoms with Crippen molar-refractivity contribution in [2.45, 2.75) is 0 Å². The van der Waals surface area contributed by atoms with Crippen molar-refractivity contribution in [3.8, 4) is 16.9 Å². The first-order valence-corrected chi connectivity index (χ1v) is 6.10. The van der Waals surface area contributed by atoms with E-state index in [9.17, 15) is 19.1 Å². The lowest BCUT2D eigenvalue weighted by Crippen LogP contribution is -2.16. The Bertz CT molecular complexity index is 745. The Kier molecular flexibility index (Phi) is 3.84. The van der Waals surface area contributed by atoms with Crippen molar-refractivity contribution in [2.75, 3.05) is 7.11 Å². The molecule has 104 valence electrons. The number of aromatic amines is 1. The van der Waals surface area contributed by atoms with Crippen LogP contribution in [0.25, 0.3) is 11.1 Å². The number of carbonyl (C=O) groups is 1. The number of hydrogen-bond donors (Lipinski definition) is 2. The van der Waals surface area contributed by atoms with E-state index in [4.69, 9.17) is 0 Å². The van der Waals surface area contributed by atoms with Gasteiger partial charge in [-0.3, -0.25) is 4.79 Å². The second-order valence-electron chi connectivity index (χ2n) is 3.75. The fourth-order valence-electron chi connectivity index (χ4n) is 1.60. The summed E-state index contributed by atoms with van der Waals surface area (Å²) in [4.78, 5) is 23.1. The highest BCUT2D eigenvalue weighted by Crippen LogP contribution is 2.29. The zero-order valence-corrected chi connectivity index (χ0v) is 11.7. The van der Waals surface area contributed by atoms with Gasteiger partial charge in [0, 0.05) is 0 Å². The van der Waals surface area contributed by atoms with E-state index in [-0.39, 0.29) is 15.6 Å². The number of hydrogen-bond acceptors (Lipinski definition) is 5. The fraction of sp³-hybridized carbons (Fsp3) is 0.0833. The van der Waals surface area contributed by atoms with E-state index in [1.54, 1.807) is 0 Å².